The molecule has 2 aromatic rings. The zero-order valence-corrected chi connectivity index (χ0v) is 12.1. The average Bonchev–Trinajstić information content (AvgIpc) is 3.06. The van der Waals surface area contributed by atoms with Crippen molar-refractivity contribution in [3.05, 3.63) is 12.7 Å². The van der Waals surface area contributed by atoms with E-state index >= 15 is 0 Å². The molecule has 0 aliphatic carbocycles. The summed E-state index contributed by atoms with van der Waals surface area (Å²) in [6.07, 6.45) is 5.31. The van der Waals surface area contributed by atoms with Gasteiger partial charge in [-0.05, 0) is 19.9 Å². The van der Waals surface area contributed by atoms with E-state index in [9.17, 15) is 0 Å². The van der Waals surface area contributed by atoms with Crippen LogP contribution in [0.15, 0.2) is 12.7 Å². The minimum absolute atomic E-state index is 0.0411. The molecule has 8 heteroatoms. The van der Waals surface area contributed by atoms with Crippen LogP contribution in [0.3, 0.4) is 0 Å². The molecule has 8 nitrogen and oxygen atoms in total. The third-order valence-electron chi connectivity index (χ3n) is 3.81. The van der Waals surface area contributed by atoms with Crippen LogP contribution in [0.1, 0.15) is 19.1 Å². The van der Waals surface area contributed by atoms with Gasteiger partial charge in [0, 0.05) is 19.6 Å². The summed E-state index contributed by atoms with van der Waals surface area (Å²) in [6, 6.07) is 0. The number of aromatic nitrogens is 4. The molecule has 0 radical (unpaired) electrons. The fourth-order valence-corrected chi connectivity index (χ4v) is 2.77. The molecule has 4 N–H and O–H groups in total. The van der Waals surface area contributed by atoms with Gasteiger partial charge < -0.3 is 21.1 Å². The topological polar surface area (TPSA) is 108 Å². The van der Waals surface area contributed by atoms with Crippen molar-refractivity contribution in [2.75, 3.05) is 32.4 Å². The zero-order chi connectivity index (χ0) is 14.8. The Hall–Kier alpha value is -1.77. The first-order valence-corrected chi connectivity index (χ1v) is 7.16. The van der Waals surface area contributed by atoms with Gasteiger partial charge in [-0.1, -0.05) is 0 Å². The lowest BCUT2D eigenvalue weighted by atomic mass is 10.2. The van der Waals surface area contributed by atoms with Gasteiger partial charge in [-0.3, -0.25) is 4.57 Å². The highest BCUT2D eigenvalue weighted by Gasteiger charge is 2.28. The largest absolute Gasteiger partial charge is 0.382 e. The van der Waals surface area contributed by atoms with E-state index in [4.69, 9.17) is 16.2 Å². The van der Waals surface area contributed by atoms with Crippen LogP contribution in [0.4, 0.5) is 5.82 Å². The molecule has 3 rings (SSSR count). The van der Waals surface area contributed by atoms with Crippen LogP contribution in [0.25, 0.3) is 11.2 Å². The lowest BCUT2D eigenvalue weighted by molar-refractivity contribution is -0.00809. The molecule has 2 atom stereocenters. The van der Waals surface area contributed by atoms with Crippen LogP contribution in [0, 0.1) is 0 Å². The van der Waals surface area contributed by atoms with Gasteiger partial charge in [0.15, 0.2) is 11.5 Å². The number of fused-ring (bicyclic) bond motifs is 1. The molecule has 0 amide bonds. The van der Waals surface area contributed by atoms with E-state index < -0.39 is 0 Å². The molecular formula is C13H21N7O. The van der Waals surface area contributed by atoms with Gasteiger partial charge in [-0.15, -0.1) is 0 Å². The summed E-state index contributed by atoms with van der Waals surface area (Å²) in [5.74, 6) is 0.399. The maximum atomic E-state index is 6.11. The van der Waals surface area contributed by atoms with Crippen LogP contribution in [0.2, 0.25) is 0 Å². The van der Waals surface area contributed by atoms with Gasteiger partial charge in [-0.25, -0.2) is 15.0 Å². The molecule has 114 valence electrons. The second kappa shape index (κ2) is 5.92. The number of imidazole rings is 1. The van der Waals surface area contributed by atoms with Gasteiger partial charge >= 0.3 is 0 Å². The van der Waals surface area contributed by atoms with Crippen LogP contribution >= 0.6 is 0 Å². The van der Waals surface area contributed by atoms with E-state index in [0.29, 0.717) is 17.9 Å². The first kappa shape index (κ1) is 14.2. The van der Waals surface area contributed by atoms with E-state index in [2.05, 4.69) is 26.9 Å². The van der Waals surface area contributed by atoms with Crippen molar-refractivity contribution < 1.29 is 4.74 Å². The SMILES string of the molecule is CN(CCN)CC1CCC(n2cnc3c(N)ncnc32)O1. The van der Waals surface area contributed by atoms with E-state index in [-0.39, 0.29) is 12.3 Å². The van der Waals surface area contributed by atoms with Crippen molar-refractivity contribution in [3.8, 4) is 0 Å². The van der Waals surface area contributed by atoms with Crippen molar-refractivity contribution in [1.82, 2.24) is 24.4 Å². The maximum absolute atomic E-state index is 6.11. The highest BCUT2D eigenvalue weighted by molar-refractivity contribution is 5.81. The summed E-state index contributed by atoms with van der Waals surface area (Å²) in [4.78, 5) is 14.7. The molecule has 0 spiro atoms. The van der Waals surface area contributed by atoms with Crippen LogP contribution < -0.4 is 11.5 Å². The Morgan fingerprint density at radius 2 is 2.24 bits per heavy atom. The van der Waals surface area contributed by atoms with Crippen LogP contribution in [0.5, 0.6) is 0 Å². The maximum Gasteiger partial charge on any atom is 0.167 e. The van der Waals surface area contributed by atoms with Crippen LogP contribution in [-0.4, -0.2) is 57.2 Å². The number of rotatable bonds is 5. The molecule has 2 aromatic heterocycles. The monoisotopic (exact) mass is 291 g/mol. The number of hydrogen-bond acceptors (Lipinski definition) is 7. The van der Waals surface area contributed by atoms with Gasteiger partial charge in [-0.2, -0.15) is 0 Å². The number of ether oxygens (including phenoxy) is 1. The van der Waals surface area contributed by atoms with Crippen molar-refractivity contribution in [3.63, 3.8) is 0 Å². The first-order chi connectivity index (χ1) is 10.2. The molecule has 1 aliphatic heterocycles. The fourth-order valence-electron chi connectivity index (χ4n) is 2.77. The van der Waals surface area contributed by atoms with Crippen LogP contribution in [-0.2, 0) is 4.74 Å². The third kappa shape index (κ3) is 2.82. The minimum Gasteiger partial charge on any atom is -0.382 e. The Morgan fingerprint density at radius 3 is 3.05 bits per heavy atom. The van der Waals surface area contributed by atoms with Crippen molar-refractivity contribution in [2.45, 2.75) is 25.2 Å². The Morgan fingerprint density at radius 1 is 1.38 bits per heavy atom. The Kier molecular flexibility index (Phi) is 4.00. The minimum atomic E-state index is -0.0411. The fraction of sp³-hybridized carbons (Fsp3) is 0.615. The number of hydrogen-bond donors (Lipinski definition) is 2. The molecule has 0 bridgehead atoms. The summed E-state index contributed by atoms with van der Waals surface area (Å²) in [5, 5.41) is 0. The summed E-state index contributed by atoms with van der Waals surface area (Å²) in [5.41, 5.74) is 12.7. The molecule has 3 heterocycles. The quantitative estimate of drug-likeness (QED) is 0.796. The third-order valence-corrected chi connectivity index (χ3v) is 3.81. The zero-order valence-electron chi connectivity index (χ0n) is 12.1. The van der Waals surface area contributed by atoms with E-state index in [1.165, 1.54) is 6.33 Å². The summed E-state index contributed by atoms with van der Waals surface area (Å²) >= 11 is 0. The van der Waals surface area contributed by atoms with E-state index in [0.717, 1.165) is 31.6 Å². The predicted molar refractivity (Wildman–Crippen MR) is 79.4 cm³/mol. The smallest absolute Gasteiger partial charge is 0.167 e. The summed E-state index contributed by atoms with van der Waals surface area (Å²) < 4.78 is 8.05. The Labute approximate surface area is 123 Å². The van der Waals surface area contributed by atoms with Gasteiger partial charge in [0.1, 0.15) is 18.1 Å². The lowest BCUT2D eigenvalue weighted by Gasteiger charge is -2.21. The normalized spacial score (nSPS) is 22.4. The number of likely N-dealkylation sites (N-methyl/N-ethyl adjacent to an activating group) is 1. The van der Waals surface area contributed by atoms with Crippen molar-refractivity contribution in [2.24, 2.45) is 5.73 Å². The average molecular weight is 291 g/mol. The van der Waals surface area contributed by atoms with E-state index in [1.807, 2.05) is 4.57 Å². The Bertz CT molecular complexity index is 614. The number of nitrogen functional groups attached to an aromatic ring is 1. The van der Waals surface area contributed by atoms with Gasteiger partial charge in [0.2, 0.25) is 0 Å². The highest BCUT2D eigenvalue weighted by Crippen LogP contribution is 2.31. The summed E-state index contributed by atoms with van der Waals surface area (Å²) in [7, 11) is 2.06. The predicted octanol–water partition coefficient (Wildman–Crippen LogP) is -0.0234. The molecule has 0 aromatic carbocycles. The number of nitrogens with zero attached hydrogens (tertiary/aromatic N) is 5. The standard InChI is InChI=1S/C13H21N7O/c1-19(5-4-14)6-9-2-3-10(21-9)20-8-18-11-12(15)16-7-17-13(11)20/h7-10H,2-6,14H2,1H3,(H2,15,16,17). The summed E-state index contributed by atoms with van der Waals surface area (Å²) in [6.45, 7) is 2.43. The number of anilines is 1. The molecule has 1 fully saturated rings. The number of nitrogens with two attached hydrogens (primary N) is 2. The molecule has 1 aliphatic rings. The molecule has 2 unspecified atom stereocenters. The van der Waals surface area contributed by atoms with Crippen molar-refractivity contribution in [1.29, 1.82) is 0 Å². The second-order valence-corrected chi connectivity index (χ2v) is 5.42. The first-order valence-electron chi connectivity index (χ1n) is 7.16. The van der Waals surface area contributed by atoms with Gasteiger partial charge in [0.05, 0.1) is 12.4 Å². The second-order valence-electron chi connectivity index (χ2n) is 5.42. The van der Waals surface area contributed by atoms with Gasteiger partial charge in [0.25, 0.3) is 0 Å². The lowest BCUT2D eigenvalue weighted by Crippen LogP contribution is -2.32. The Balaban J connectivity index is 1.72. The van der Waals surface area contributed by atoms with E-state index in [1.54, 1.807) is 6.33 Å². The molecule has 0 saturated carbocycles. The highest BCUT2D eigenvalue weighted by atomic mass is 16.5. The molecular weight excluding hydrogens is 270 g/mol. The van der Waals surface area contributed by atoms with Crippen molar-refractivity contribution >= 4 is 17.0 Å². The molecule has 21 heavy (non-hydrogen) atoms. The molecule has 1 saturated heterocycles.